The van der Waals surface area contributed by atoms with Crippen molar-refractivity contribution in [1.29, 1.82) is 0 Å². The largest absolute Gasteiger partial charge is 0.367 e. The first kappa shape index (κ1) is 11.2. The van der Waals surface area contributed by atoms with E-state index in [1.165, 1.54) is 0 Å². The van der Waals surface area contributed by atoms with Gasteiger partial charge in [-0.05, 0) is 33.3 Å². The molecule has 0 spiro atoms. The van der Waals surface area contributed by atoms with Gasteiger partial charge < -0.3 is 5.32 Å². The number of nitrogens with zero attached hydrogens (tertiary/aromatic N) is 2. The maximum absolute atomic E-state index is 5.90. The maximum Gasteiger partial charge on any atom is 0.129 e. The van der Waals surface area contributed by atoms with Gasteiger partial charge in [0.05, 0.1) is 0 Å². The highest BCUT2D eigenvalue weighted by Gasteiger charge is 2.06. The molecule has 1 aromatic rings. The van der Waals surface area contributed by atoms with Crippen molar-refractivity contribution in [1.82, 2.24) is 9.97 Å². The van der Waals surface area contributed by atoms with Crippen molar-refractivity contribution >= 4 is 17.4 Å². The number of anilines is 1. The second-order valence-corrected chi connectivity index (χ2v) is 4.30. The highest BCUT2D eigenvalue weighted by Crippen LogP contribution is 2.09. The van der Waals surface area contributed by atoms with E-state index in [0.29, 0.717) is 6.04 Å². The number of rotatable bonds is 4. The predicted octanol–water partition coefficient (Wildman–Crippen LogP) is 2.60. The zero-order valence-corrected chi connectivity index (χ0v) is 9.54. The van der Waals surface area contributed by atoms with Crippen molar-refractivity contribution in [2.75, 3.05) is 5.32 Å². The van der Waals surface area contributed by atoms with E-state index in [4.69, 9.17) is 11.6 Å². The van der Waals surface area contributed by atoms with Crippen molar-refractivity contribution in [3.05, 3.63) is 18.1 Å². The number of nitrogens with one attached hydrogen (secondary N) is 1. The quantitative estimate of drug-likeness (QED) is 0.782. The smallest absolute Gasteiger partial charge is 0.129 e. The fourth-order valence-electron chi connectivity index (χ4n) is 1.34. The van der Waals surface area contributed by atoms with Crippen molar-refractivity contribution in [2.45, 2.75) is 38.6 Å². The van der Waals surface area contributed by atoms with Gasteiger partial charge in [-0.25, -0.2) is 9.97 Å². The number of hydrogen-bond donors (Lipinski definition) is 1. The van der Waals surface area contributed by atoms with Gasteiger partial charge in [-0.15, -0.1) is 11.6 Å². The summed E-state index contributed by atoms with van der Waals surface area (Å²) in [5.74, 6) is 1.64. The Labute approximate surface area is 89.9 Å². The van der Waals surface area contributed by atoms with Crippen molar-refractivity contribution in [3.8, 4) is 0 Å². The first-order valence-electron chi connectivity index (χ1n) is 4.78. The molecule has 0 aromatic carbocycles. The third-order valence-electron chi connectivity index (χ3n) is 1.85. The van der Waals surface area contributed by atoms with Gasteiger partial charge in [0, 0.05) is 17.6 Å². The predicted molar refractivity (Wildman–Crippen MR) is 59.8 cm³/mol. The Bertz CT molecular complexity index is 288. The Kier molecular flexibility index (Phi) is 4.14. The molecule has 1 aromatic heterocycles. The highest BCUT2D eigenvalue weighted by atomic mass is 35.5. The third-order valence-corrected chi connectivity index (χ3v) is 2.03. The van der Waals surface area contributed by atoms with Gasteiger partial charge in [0.2, 0.25) is 0 Å². The lowest BCUT2D eigenvalue weighted by Crippen LogP contribution is -2.19. The summed E-state index contributed by atoms with van der Waals surface area (Å²) in [6.45, 7) is 5.96. The molecule has 0 saturated carbocycles. The van der Waals surface area contributed by atoms with Crippen LogP contribution >= 0.6 is 11.6 Å². The number of aryl methyl sites for hydroxylation is 1. The minimum Gasteiger partial charge on any atom is -0.367 e. The first-order valence-corrected chi connectivity index (χ1v) is 5.22. The minimum atomic E-state index is 0.181. The summed E-state index contributed by atoms with van der Waals surface area (Å²) in [4.78, 5) is 8.29. The van der Waals surface area contributed by atoms with Crippen molar-refractivity contribution in [3.63, 3.8) is 0 Å². The zero-order valence-electron chi connectivity index (χ0n) is 8.79. The highest BCUT2D eigenvalue weighted by molar-refractivity contribution is 6.20. The van der Waals surface area contributed by atoms with Gasteiger partial charge in [0.15, 0.2) is 0 Å². The minimum absolute atomic E-state index is 0.181. The summed E-state index contributed by atoms with van der Waals surface area (Å²) in [5, 5.41) is 3.46. The van der Waals surface area contributed by atoms with Crippen LogP contribution < -0.4 is 5.32 Å². The molecule has 0 aliphatic rings. The summed E-state index contributed by atoms with van der Waals surface area (Å²) >= 11 is 5.90. The van der Waals surface area contributed by atoms with E-state index < -0.39 is 0 Å². The molecule has 0 fully saturated rings. The van der Waals surface area contributed by atoms with Crippen molar-refractivity contribution in [2.24, 2.45) is 0 Å². The van der Waals surface area contributed by atoms with Crippen LogP contribution in [0.2, 0.25) is 0 Å². The standard InChI is InChI=1S/C10H16ClN3/c1-7(11)6-8(2)13-10-4-5-12-9(3)14-10/h4-5,7-8H,6H2,1-3H3,(H,12,13,14). The van der Waals surface area contributed by atoms with Crippen LogP contribution in [0.3, 0.4) is 0 Å². The molecule has 0 radical (unpaired) electrons. The molecule has 0 saturated heterocycles. The normalized spacial score (nSPS) is 14.9. The van der Waals surface area contributed by atoms with Gasteiger partial charge in [-0.1, -0.05) is 0 Å². The monoisotopic (exact) mass is 213 g/mol. The maximum atomic E-state index is 5.90. The fourth-order valence-corrected chi connectivity index (χ4v) is 1.60. The molecular weight excluding hydrogens is 198 g/mol. The number of alkyl halides is 1. The van der Waals surface area contributed by atoms with E-state index in [1.807, 2.05) is 19.9 Å². The van der Waals surface area contributed by atoms with Crippen LogP contribution in [0.1, 0.15) is 26.1 Å². The van der Waals surface area contributed by atoms with Gasteiger partial charge in [-0.3, -0.25) is 0 Å². The number of hydrogen-bond acceptors (Lipinski definition) is 3. The van der Waals surface area contributed by atoms with Gasteiger partial charge in [0.25, 0.3) is 0 Å². The van der Waals surface area contributed by atoms with Crippen LogP contribution in [0.15, 0.2) is 12.3 Å². The molecule has 0 aliphatic heterocycles. The van der Waals surface area contributed by atoms with E-state index >= 15 is 0 Å². The van der Waals surface area contributed by atoms with Crippen molar-refractivity contribution < 1.29 is 0 Å². The second-order valence-electron chi connectivity index (χ2n) is 3.55. The van der Waals surface area contributed by atoms with Crippen LogP contribution in [0.4, 0.5) is 5.82 Å². The summed E-state index contributed by atoms with van der Waals surface area (Å²) in [6.07, 6.45) is 2.67. The number of aromatic nitrogens is 2. The molecule has 1 heterocycles. The molecule has 2 atom stereocenters. The number of halogens is 1. The Morgan fingerprint density at radius 2 is 2.21 bits per heavy atom. The second kappa shape index (κ2) is 5.15. The van der Waals surface area contributed by atoms with Crippen LogP contribution in [-0.2, 0) is 0 Å². The van der Waals surface area contributed by atoms with Crippen LogP contribution in [0, 0.1) is 6.92 Å². The first-order chi connectivity index (χ1) is 6.58. The summed E-state index contributed by atoms with van der Waals surface area (Å²) in [5.41, 5.74) is 0. The Hall–Kier alpha value is -0.830. The SMILES string of the molecule is Cc1nccc(NC(C)CC(C)Cl)n1. The van der Waals surface area contributed by atoms with Gasteiger partial charge in [0.1, 0.15) is 11.6 Å². The van der Waals surface area contributed by atoms with E-state index in [9.17, 15) is 0 Å². The van der Waals surface area contributed by atoms with E-state index in [-0.39, 0.29) is 5.38 Å². The molecule has 1 N–H and O–H groups in total. The molecule has 4 heteroatoms. The van der Waals surface area contributed by atoms with E-state index in [1.54, 1.807) is 6.20 Å². The van der Waals surface area contributed by atoms with Gasteiger partial charge in [-0.2, -0.15) is 0 Å². The van der Waals surface area contributed by atoms with Crippen LogP contribution in [0.5, 0.6) is 0 Å². The van der Waals surface area contributed by atoms with Crippen LogP contribution in [0.25, 0.3) is 0 Å². The van der Waals surface area contributed by atoms with E-state index in [2.05, 4.69) is 22.2 Å². The molecular formula is C10H16ClN3. The van der Waals surface area contributed by atoms with Crippen LogP contribution in [-0.4, -0.2) is 21.4 Å². The molecule has 78 valence electrons. The molecule has 1 rings (SSSR count). The average Bonchev–Trinajstić information content (AvgIpc) is 2.01. The lowest BCUT2D eigenvalue weighted by atomic mass is 10.2. The Balaban J connectivity index is 2.51. The lowest BCUT2D eigenvalue weighted by Gasteiger charge is -2.15. The van der Waals surface area contributed by atoms with Gasteiger partial charge >= 0.3 is 0 Å². The molecule has 3 nitrogen and oxygen atoms in total. The molecule has 0 amide bonds. The molecule has 14 heavy (non-hydrogen) atoms. The zero-order chi connectivity index (χ0) is 10.6. The fraction of sp³-hybridized carbons (Fsp3) is 0.600. The Morgan fingerprint density at radius 1 is 1.50 bits per heavy atom. The topological polar surface area (TPSA) is 37.8 Å². The van der Waals surface area contributed by atoms with E-state index in [0.717, 1.165) is 18.1 Å². The average molecular weight is 214 g/mol. The molecule has 2 unspecified atom stereocenters. The lowest BCUT2D eigenvalue weighted by molar-refractivity contribution is 0.692. The third kappa shape index (κ3) is 3.92. The Morgan fingerprint density at radius 3 is 2.79 bits per heavy atom. The summed E-state index contributed by atoms with van der Waals surface area (Å²) < 4.78 is 0. The molecule has 0 bridgehead atoms. The summed E-state index contributed by atoms with van der Waals surface area (Å²) in [6, 6.07) is 2.19. The molecule has 0 aliphatic carbocycles. The summed E-state index contributed by atoms with van der Waals surface area (Å²) in [7, 11) is 0.